The molecule has 6 nitrogen and oxygen atoms in total. The monoisotopic (exact) mass is 497 g/mol. The van der Waals surface area contributed by atoms with Crippen LogP contribution >= 0.6 is 0 Å². The summed E-state index contributed by atoms with van der Waals surface area (Å²) in [6.07, 6.45) is 0.406. The van der Waals surface area contributed by atoms with E-state index in [0.29, 0.717) is 25.3 Å². The summed E-state index contributed by atoms with van der Waals surface area (Å²) >= 11 is 0. The zero-order valence-corrected chi connectivity index (χ0v) is 21.2. The first-order chi connectivity index (χ1) is 18.1. The third-order valence-corrected chi connectivity index (χ3v) is 6.97. The van der Waals surface area contributed by atoms with Crippen LogP contribution < -0.4 is 4.90 Å². The molecule has 4 aromatic rings. The Morgan fingerprint density at radius 1 is 0.892 bits per heavy atom. The Kier molecular flexibility index (Phi) is 7.70. The Morgan fingerprint density at radius 3 is 2.32 bits per heavy atom. The molecule has 5 rings (SSSR count). The van der Waals surface area contributed by atoms with Gasteiger partial charge >= 0.3 is 0 Å². The maximum Gasteiger partial charge on any atom is 0.224 e. The minimum Gasteiger partial charge on any atom is -0.351 e. The molecule has 0 spiro atoms. The van der Waals surface area contributed by atoms with E-state index in [0.717, 1.165) is 60.6 Å². The molecule has 1 amide bonds. The van der Waals surface area contributed by atoms with Gasteiger partial charge in [-0.25, -0.2) is 14.4 Å². The number of hydrogen-bond acceptors (Lipinski definition) is 5. The van der Waals surface area contributed by atoms with E-state index in [2.05, 4.69) is 28.9 Å². The first-order valence-electron chi connectivity index (χ1n) is 12.9. The number of carbonyl (C=O) groups excluding carboxylic acids is 1. The first kappa shape index (κ1) is 24.8. The van der Waals surface area contributed by atoms with E-state index in [1.54, 1.807) is 12.1 Å². The molecule has 37 heavy (non-hydrogen) atoms. The van der Waals surface area contributed by atoms with Crippen molar-refractivity contribution in [3.05, 3.63) is 90.2 Å². The van der Waals surface area contributed by atoms with Crippen molar-refractivity contribution >= 4 is 22.6 Å². The number of hydrogen-bond donors (Lipinski definition) is 0. The number of rotatable bonds is 8. The molecule has 0 aliphatic carbocycles. The molecule has 0 unspecified atom stereocenters. The van der Waals surface area contributed by atoms with Gasteiger partial charge in [0.1, 0.15) is 11.6 Å². The number of amides is 1. The molecule has 0 atom stereocenters. The lowest BCUT2D eigenvalue weighted by Gasteiger charge is -2.34. The zero-order chi connectivity index (χ0) is 25.6. The number of fused-ring (bicyclic) bond motifs is 1. The summed E-state index contributed by atoms with van der Waals surface area (Å²) < 4.78 is 13.6. The molecular formula is C30H32FN5O. The lowest BCUT2D eigenvalue weighted by molar-refractivity contribution is -0.132. The van der Waals surface area contributed by atoms with Gasteiger partial charge < -0.3 is 14.7 Å². The van der Waals surface area contributed by atoms with Crippen molar-refractivity contribution in [1.29, 1.82) is 0 Å². The van der Waals surface area contributed by atoms with Crippen molar-refractivity contribution in [3.63, 3.8) is 0 Å². The molecule has 3 aromatic carbocycles. The van der Waals surface area contributed by atoms with Crippen molar-refractivity contribution in [2.75, 3.05) is 44.2 Å². The van der Waals surface area contributed by atoms with E-state index in [9.17, 15) is 9.18 Å². The lowest BCUT2D eigenvalue weighted by atomic mass is 10.1. The molecule has 0 saturated carbocycles. The zero-order valence-electron chi connectivity index (χ0n) is 21.2. The number of likely N-dealkylation sites (N-methyl/N-ethyl adjacent to an activating group) is 1. The number of aromatic nitrogens is 2. The van der Waals surface area contributed by atoms with Crippen LogP contribution in [0.25, 0.3) is 22.3 Å². The molecule has 0 radical (unpaired) electrons. The van der Waals surface area contributed by atoms with Crippen molar-refractivity contribution in [2.45, 2.75) is 19.9 Å². The van der Waals surface area contributed by atoms with Gasteiger partial charge in [0.05, 0.1) is 5.52 Å². The van der Waals surface area contributed by atoms with Crippen LogP contribution in [0.1, 0.15) is 18.9 Å². The highest BCUT2D eigenvalue weighted by Crippen LogP contribution is 2.29. The van der Waals surface area contributed by atoms with Gasteiger partial charge in [-0.05, 0) is 48.5 Å². The van der Waals surface area contributed by atoms with E-state index in [4.69, 9.17) is 9.97 Å². The van der Waals surface area contributed by atoms with Crippen LogP contribution in [-0.4, -0.2) is 64.9 Å². The Bertz CT molecular complexity index is 1340. The number of benzene rings is 3. The van der Waals surface area contributed by atoms with Gasteiger partial charge in [-0.15, -0.1) is 0 Å². The molecule has 1 aliphatic heterocycles. The van der Waals surface area contributed by atoms with E-state index in [1.165, 1.54) is 12.1 Å². The normalized spacial score (nSPS) is 14.2. The first-order valence-corrected chi connectivity index (χ1v) is 12.9. The second kappa shape index (κ2) is 11.5. The fraction of sp³-hybridized carbons (Fsp3) is 0.300. The second-order valence-corrected chi connectivity index (χ2v) is 9.37. The average molecular weight is 498 g/mol. The minimum absolute atomic E-state index is 0.172. The molecule has 1 aliphatic rings. The maximum atomic E-state index is 13.6. The van der Waals surface area contributed by atoms with E-state index in [1.807, 2.05) is 47.4 Å². The second-order valence-electron chi connectivity index (χ2n) is 9.37. The number of carbonyl (C=O) groups is 1. The standard InChI is InChI=1S/C30H32FN5O/c1-2-34-18-20-35(21-19-34)28(37)16-17-36(22-23-8-4-3-5-9-23)30-26-10-6-7-11-27(26)32-29(33-30)24-12-14-25(31)15-13-24/h3-15H,2,16-22H2,1H3. The number of halogens is 1. The Morgan fingerprint density at radius 2 is 1.59 bits per heavy atom. The number of piperazine rings is 1. The van der Waals surface area contributed by atoms with Crippen LogP contribution in [-0.2, 0) is 11.3 Å². The lowest BCUT2D eigenvalue weighted by Crippen LogP contribution is -2.49. The van der Waals surface area contributed by atoms with Crippen molar-refractivity contribution in [3.8, 4) is 11.4 Å². The van der Waals surface area contributed by atoms with Crippen LogP contribution in [0.5, 0.6) is 0 Å². The third-order valence-electron chi connectivity index (χ3n) is 6.97. The van der Waals surface area contributed by atoms with Gasteiger partial charge in [0.25, 0.3) is 0 Å². The maximum absolute atomic E-state index is 13.6. The minimum atomic E-state index is -0.297. The largest absolute Gasteiger partial charge is 0.351 e. The molecular weight excluding hydrogens is 465 g/mol. The van der Waals surface area contributed by atoms with E-state index in [-0.39, 0.29) is 11.7 Å². The highest BCUT2D eigenvalue weighted by Gasteiger charge is 2.22. The summed E-state index contributed by atoms with van der Waals surface area (Å²) in [5.41, 5.74) is 2.70. The number of para-hydroxylation sites is 1. The van der Waals surface area contributed by atoms with Crippen LogP contribution in [0.4, 0.5) is 10.2 Å². The molecule has 190 valence electrons. The molecule has 0 N–H and O–H groups in total. The summed E-state index contributed by atoms with van der Waals surface area (Å²) in [7, 11) is 0. The Hall–Kier alpha value is -3.84. The molecule has 1 fully saturated rings. The van der Waals surface area contributed by atoms with Gasteiger partial charge in [-0.1, -0.05) is 49.4 Å². The fourth-order valence-electron chi connectivity index (χ4n) is 4.79. The SMILES string of the molecule is CCN1CCN(C(=O)CCN(Cc2ccccc2)c2nc(-c3ccc(F)cc3)nc3ccccc23)CC1. The van der Waals surface area contributed by atoms with Crippen LogP contribution in [0, 0.1) is 5.82 Å². The van der Waals surface area contributed by atoms with Gasteiger partial charge in [-0.3, -0.25) is 4.79 Å². The van der Waals surface area contributed by atoms with Gasteiger partial charge in [0.2, 0.25) is 5.91 Å². The fourth-order valence-corrected chi connectivity index (χ4v) is 4.79. The average Bonchev–Trinajstić information content (AvgIpc) is 2.95. The quantitative estimate of drug-likeness (QED) is 0.343. The highest BCUT2D eigenvalue weighted by atomic mass is 19.1. The van der Waals surface area contributed by atoms with Crippen LogP contribution in [0.3, 0.4) is 0 Å². The van der Waals surface area contributed by atoms with Crippen molar-refractivity contribution < 1.29 is 9.18 Å². The smallest absolute Gasteiger partial charge is 0.224 e. The topological polar surface area (TPSA) is 52.6 Å². The molecule has 1 aromatic heterocycles. The summed E-state index contributed by atoms with van der Waals surface area (Å²) in [5, 5.41) is 0.924. The molecule has 1 saturated heterocycles. The Balaban J connectivity index is 1.47. The van der Waals surface area contributed by atoms with Crippen LogP contribution in [0.15, 0.2) is 78.9 Å². The van der Waals surface area contributed by atoms with E-state index < -0.39 is 0 Å². The molecule has 2 heterocycles. The van der Waals surface area contributed by atoms with Gasteiger partial charge in [0.15, 0.2) is 5.82 Å². The van der Waals surface area contributed by atoms with Crippen molar-refractivity contribution in [2.24, 2.45) is 0 Å². The number of anilines is 1. The molecule has 0 bridgehead atoms. The van der Waals surface area contributed by atoms with Gasteiger partial charge in [0, 0.05) is 56.6 Å². The predicted molar refractivity (Wildman–Crippen MR) is 146 cm³/mol. The molecule has 7 heteroatoms. The summed E-state index contributed by atoms with van der Waals surface area (Å²) in [5.74, 6) is 1.19. The van der Waals surface area contributed by atoms with Gasteiger partial charge in [-0.2, -0.15) is 0 Å². The predicted octanol–water partition coefficient (Wildman–Crippen LogP) is 5.00. The summed E-state index contributed by atoms with van der Waals surface area (Å²) in [6.45, 7) is 7.72. The Labute approximate surface area is 217 Å². The number of nitrogens with zero attached hydrogens (tertiary/aromatic N) is 5. The summed E-state index contributed by atoms with van der Waals surface area (Å²) in [4.78, 5) is 29.4. The van der Waals surface area contributed by atoms with E-state index >= 15 is 0 Å². The van der Waals surface area contributed by atoms with Crippen LogP contribution in [0.2, 0.25) is 0 Å². The van der Waals surface area contributed by atoms with Crippen molar-refractivity contribution in [1.82, 2.24) is 19.8 Å². The third kappa shape index (κ3) is 5.94. The highest BCUT2D eigenvalue weighted by molar-refractivity contribution is 5.91. The summed E-state index contributed by atoms with van der Waals surface area (Å²) in [6, 6.07) is 24.4.